The summed E-state index contributed by atoms with van der Waals surface area (Å²) in [5.74, 6) is -2.07. The van der Waals surface area contributed by atoms with Crippen LogP contribution in [-0.4, -0.2) is 36.5 Å². The monoisotopic (exact) mass is 526 g/mol. The van der Waals surface area contributed by atoms with Gasteiger partial charge in [0, 0.05) is 18.2 Å². The second kappa shape index (κ2) is 9.59. The molecule has 2 aromatic carbocycles. The van der Waals surface area contributed by atoms with Crippen molar-refractivity contribution in [2.45, 2.75) is 10.3 Å². The molecule has 0 aliphatic heterocycles. The first-order valence-corrected chi connectivity index (χ1v) is 10.9. The molecule has 2 aromatic rings. The zero-order valence-corrected chi connectivity index (χ0v) is 19.7. The number of anilines is 1. The number of benzene rings is 2. The van der Waals surface area contributed by atoms with E-state index in [1.165, 1.54) is 25.3 Å². The fourth-order valence-corrected chi connectivity index (χ4v) is 4.96. The molecule has 1 saturated carbocycles. The summed E-state index contributed by atoms with van der Waals surface area (Å²) in [6.45, 7) is -0.862. The van der Waals surface area contributed by atoms with Gasteiger partial charge in [0.15, 0.2) is 5.75 Å². The van der Waals surface area contributed by atoms with Gasteiger partial charge in [0.05, 0.1) is 33.7 Å². The summed E-state index contributed by atoms with van der Waals surface area (Å²) in [4.78, 5) is 25.0. The highest BCUT2D eigenvalue weighted by atomic mass is 35.5. The van der Waals surface area contributed by atoms with Crippen molar-refractivity contribution in [3.63, 3.8) is 0 Å². The van der Waals surface area contributed by atoms with Gasteiger partial charge >= 0.3 is 0 Å². The first-order valence-electron chi connectivity index (χ1n) is 8.97. The van der Waals surface area contributed by atoms with E-state index in [-0.39, 0.29) is 27.2 Å². The predicted molar refractivity (Wildman–Crippen MR) is 122 cm³/mol. The van der Waals surface area contributed by atoms with Crippen molar-refractivity contribution in [3.8, 4) is 5.75 Å². The van der Waals surface area contributed by atoms with E-state index < -0.39 is 34.7 Å². The highest BCUT2D eigenvalue weighted by molar-refractivity contribution is 6.53. The van der Waals surface area contributed by atoms with Gasteiger partial charge in [0.2, 0.25) is 5.91 Å². The van der Waals surface area contributed by atoms with Crippen molar-refractivity contribution in [1.29, 1.82) is 0 Å². The number of amides is 2. The maximum Gasteiger partial charge on any atom is 0.252 e. The van der Waals surface area contributed by atoms with Gasteiger partial charge < -0.3 is 15.4 Å². The van der Waals surface area contributed by atoms with Crippen molar-refractivity contribution in [2.75, 3.05) is 25.6 Å². The van der Waals surface area contributed by atoms with Crippen LogP contribution in [0, 0.1) is 5.92 Å². The summed E-state index contributed by atoms with van der Waals surface area (Å²) in [6, 6.07) is 7.55. The number of hydrogen-bond donors (Lipinski definition) is 2. The average molecular weight is 529 g/mol. The molecule has 0 saturated heterocycles. The number of carbonyl (C=O) groups excluding carboxylic acids is 2. The average Bonchev–Trinajstić information content (AvgIpc) is 3.29. The van der Waals surface area contributed by atoms with E-state index in [9.17, 15) is 14.0 Å². The molecule has 1 aliphatic carbocycles. The van der Waals surface area contributed by atoms with Gasteiger partial charge in [-0.3, -0.25) is 9.59 Å². The summed E-state index contributed by atoms with van der Waals surface area (Å²) in [5, 5.41) is 5.75. The lowest BCUT2D eigenvalue weighted by atomic mass is 10.1. The van der Waals surface area contributed by atoms with E-state index in [1.807, 2.05) is 0 Å². The summed E-state index contributed by atoms with van der Waals surface area (Å²) < 4.78 is 16.1. The van der Waals surface area contributed by atoms with Crippen LogP contribution in [0.15, 0.2) is 30.3 Å². The Morgan fingerprint density at radius 1 is 1.10 bits per heavy atom. The van der Waals surface area contributed by atoms with Gasteiger partial charge in [-0.1, -0.05) is 34.8 Å². The SMILES string of the molecule is COc1c(Cl)cc(C2C(C(=O)Nc3ccc(Cl)c(C(=O)NCCF)c3)C2(Cl)Cl)cc1Cl. The molecule has 31 heavy (non-hydrogen) atoms. The minimum Gasteiger partial charge on any atom is -0.494 e. The molecule has 2 amide bonds. The molecule has 1 aliphatic rings. The van der Waals surface area contributed by atoms with Gasteiger partial charge in [0.25, 0.3) is 5.91 Å². The van der Waals surface area contributed by atoms with Gasteiger partial charge in [-0.2, -0.15) is 0 Å². The zero-order chi connectivity index (χ0) is 22.9. The maximum absolute atomic E-state index is 12.9. The van der Waals surface area contributed by atoms with Gasteiger partial charge in [0.1, 0.15) is 11.0 Å². The zero-order valence-electron chi connectivity index (χ0n) is 15.9. The quantitative estimate of drug-likeness (QED) is 0.441. The first kappa shape index (κ1) is 24.2. The van der Waals surface area contributed by atoms with Crippen LogP contribution in [0.25, 0.3) is 0 Å². The van der Waals surface area contributed by atoms with Crippen molar-refractivity contribution in [1.82, 2.24) is 5.32 Å². The van der Waals surface area contributed by atoms with Crippen molar-refractivity contribution in [3.05, 3.63) is 56.5 Å². The molecule has 1 fully saturated rings. The smallest absolute Gasteiger partial charge is 0.252 e. The Morgan fingerprint density at radius 2 is 1.74 bits per heavy atom. The Hall–Kier alpha value is -1.44. The third kappa shape index (κ3) is 4.99. The number of methoxy groups -OCH3 is 1. The molecular formula is C20H16Cl5FN2O3. The highest BCUT2D eigenvalue weighted by Gasteiger charge is 2.67. The molecule has 11 heteroatoms. The fourth-order valence-electron chi connectivity index (χ4n) is 3.27. The topological polar surface area (TPSA) is 67.4 Å². The van der Waals surface area contributed by atoms with Crippen molar-refractivity contribution < 1.29 is 18.7 Å². The minimum absolute atomic E-state index is 0.0944. The predicted octanol–water partition coefficient (Wildman–Crippen LogP) is 5.88. The number of carbonyl (C=O) groups is 2. The Morgan fingerprint density at radius 3 is 2.32 bits per heavy atom. The lowest BCUT2D eigenvalue weighted by molar-refractivity contribution is -0.117. The second-order valence-electron chi connectivity index (χ2n) is 6.78. The molecule has 3 rings (SSSR count). The van der Waals surface area contributed by atoms with Crippen LogP contribution in [0.3, 0.4) is 0 Å². The Bertz CT molecular complexity index is 1010. The maximum atomic E-state index is 12.9. The fraction of sp³-hybridized carbons (Fsp3) is 0.300. The van der Waals surface area contributed by atoms with Crippen LogP contribution in [0.2, 0.25) is 15.1 Å². The van der Waals surface area contributed by atoms with Crippen molar-refractivity contribution in [2.24, 2.45) is 5.92 Å². The molecule has 2 unspecified atom stereocenters. The molecule has 5 nitrogen and oxygen atoms in total. The van der Waals surface area contributed by atoms with E-state index in [0.29, 0.717) is 17.0 Å². The lowest BCUT2D eigenvalue weighted by Crippen LogP contribution is -2.26. The molecule has 0 radical (unpaired) electrons. The van der Waals surface area contributed by atoms with E-state index in [4.69, 9.17) is 62.7 Å². The minimum atomic E-state index is -1.38. The lowest BCUT2D eigenvalue weighted by Gasteiger charge is -2.10. The molecule has 2 atom stereocenters. The van der Waals surface area contributed by atoms with E-state index >= 15 is 0 Å². The second-order valence-corrected chi connectivity index (χ2v) is 9.44. The molecule has 0 bridgehead atoms. The summed E-state index contributed by atoms with van der Waals surface area (Å²) in [7, 11) is 1.44. The first-order chi connectivity index (χ1) is 14.6. The van der Waals surface area contributed by atoms with Crippen LogP contribution in [-0.2, 0) is 4.79 Å². The number of alkyl halides is 3. The molecular weight excluding hydrogens is 512 g/mol. The van der Waals surface area contributed by atoms with Gasteiger partial charge in [-0.15, -0.1) is 23.2 Å². The molecule has 0 spiro atoms. The standard InChI is InChI=1S/C20H16Cl5FN2O3/c1-31-17-13(22)6-9(7-14(17)23)15-16(20(15,24)25)19(30)28-10-2-3-12(21)11(8-10)18(29)27-5-4-26/h2-3,6-8,15-16H,4-5H2,1H3,(H,27,29)(H,28,30). The van der Waals surface area contributed by atoms with Crippen LogP contribution >= 0.6 is 58.0 Å². The van der Waals surface area contributed by atoms with E-state index in [0.717, 1.165) is 0 Å². The Balaban J connectivity index is 1.79. The van der Waals surface area contributed by atoms with Crippen molar-refractivity contribution >= 4 is 75.5 Å². The van der Waals surface area contributed by atoms with Crippen LogP contribution < -0.4 is 15.4 Å². The molecule has 0 aromatic heterocycles. The van der Waals surface area contributed by atoms with E-state index in [2.05, 4.69) is 10.6 Å². The van der Waals surface area contributed by atoms with Crippen LogP contribution in [0.5, 0.6) is 5.75 Å². The third-order valence-corrected chi connectivity index (χ3v) is 6.61. The summed E-state index contributed by atoms with van der Waals surface area (Å²) in [5.41, 5.74) is 0.987. The van der Waals surface area contributed by atoms with Crippen LogP contribution in [0.1, 0.15) is 21.8 Å². The number of rotatable bonds is 7. The molecule has 2 N–H and O–H groups in total. The highest BCUT2D eigenvalue weighted by Crippen LogP contribution is 2.65. The van der Waals surface area contributed by atoms with E-state index in [1.54, 1.807) is 12.1 Å². The molecule has 0 heterocycles. The van der Waals surface area contributed by atoms with Gasteiger partial charge in [-0.25, -0.2) is 4.39 Å². The Kier molecular flexibility index (Phi) is 7.49. The van der Waals surface area contributed by atoms with Gasteiger partial charge in [-0.05, 0) is 35.9 Å². The number of halogens is 6. The normalized spacial score (nSPS) is 18.9. The third-order valence-electron chi connectivity index (χ3n) is 4.78. The van der Waals surface area contributed by atoms with Crippen LogP contribution in [0.4, 0.5) is 10.1 Å². The number of nitrogens with one attached hydrogen (secondary N) is 2. The largest absolute Gasteiger partial charge is 0.494 e. The Labute approximate surface area is 203 Å². The number of hydrogen-bond acceptors (Lipinski definition) is 3. The summed E-state index contributed by atoms with van der Waals surface area (Å²) >= 11 is 31.2. The summed E-state index contributed by atoms with van der Waals surface area (Å²) in [6.07, 6.45) is 0. The number of ether oxygens (including phenoxy) is 1. The molecule has 166 valence electrons.